The zero-order chi connectivity index (χ0) is 16.2. The molecule has 0 spiro atoms. The van der Waals surface area contributed by atoms with Gasteiger partial charge >= 0.3 is 0 Å². The molecule has 3 aromatic rings. The van der Waals surface area contributed by atoms with Crippen molar-refractivity contribution in [1.29, 1.82) is 0 Å². The van der Waals surface area contributed by atoms with E-state index >= 15 is 0 Å². The second kappa shape index (κ2) is 6.62. The van der Waals surface area contributed by atoms with Gasteiger partial charge in [0.25, 0.3) is 11.5 Å². The van der Waals surface area contributed by atoms with Crippen molar-refractivity contribution in [3.63, 3.8) is 0 Å². The molecule has 116 valence electrons. The number of carbonyl (C=O) groups excluding carboxylic acids is 1. The van der Waals surface area contributed by atoms with E-state index in [1.807, 2.05) is 24.3 Å². The fraction of sp³-hybridized carbons (Fsp3) is 0.0625. The average molecular weight is 374 g/mol. The predicted molar refractivity (Wildman–Crippen MR) is 88.4 cm³/mol. The quantitative estimate of drug-likeness (QED) is 0.762. The molecule has 0 saturated heterocycles. The standard InChI is InChI=1S/C16H12BrN3O3/c17-12-5-3-11(4-6-12)10-20-8-1-2-13(16(20)22)15(21)18-14-7-9-23-19-14/h1-9H,10H2,(H,18,19,21). The second-order valence-corrected chi connectivity index (χ2v) is 5.74. The van der Waals surface area contributed by atoms with Crippen LogP contribution in [0.15, 0.2) is 68.7 Å². The molecule has 1 amide bonds. The molecule has 2 aromatic heterocycles. The van der Waals surface area contributed by atoms with E-state index in [1.54, 1.807) is 12.3 Å². The summed E-state index contributed by atoms with van der Waals surface area (Å²) in [5.74, 6) is -0.258. The van der Waals surface area contributed by atoms with Gasteiger partial charge in [-0.2, -0.15) is 0 Å². The molecule has 3 rings (SSSR count). The minimum absolute atomic E-state index is 0.0487. The van der Waals surface area contributed by atoms with E-state index in [4.69, 9.17) is 0 Å². The van der Waals surface area contributed by atoms with Gasteiger partial charge in [-0.1, -0.05) is 33.2 Å². The Balaban J connectivity index is 1.84. The van der Waals surface area contributed by atoms with Crippen molar-refractivity contribution in [3.8, 4) is 0 Å². The van der Waals surface area contributed by atoms with Gasteiger partial charge in [0.2, 0.25) is 0 Å². The van der Waals surface area contributed by atoms with Crippen molar-refractivity contribution in [2.24, 2.45) is 0 Å². The minimum atomic E-state index is -0.519. The van der Waals surface area contributed by atoms with Crippen molar-refractivity contribution >= 4 is 27.7 Å². The van der Waals surface area contributed by atoms with Gasteiger partial charge in [-0.05, 0) is 29.8 Å². The van der Waals surface area contributed by atoms with Crippen LogP contribution in [0.1, 0.15) is 15.9 Å². The third kappa shape index (κ3) is 3.57. The second-order valence-electron chi connectivity index (χ2n) is 4.82. The van der Waals surface area contributed by atoms with Gasteiger partial charge in [0, 0.05) is 16.7 Å². The van der Waals surface area contributed by atoms with E-state index in [2.05, 4.69) is 30.9 Å². The maximum Gasteiger partial charge on any atom is 0.263 e. The van der Waals surface area contributed by atoms with Crippen LogP contribution < -0.4 is 10.9 Å². The van der Waals surface area contributed by atoms with Crippen LogP contribution in [0.2, 0.25) is 0 Å². The van der Waals surface area contributed by atoms with E-state index in [9.17, 15) is 9.59 Å². The van der Waals surface area contributed by atoms with Crippen LogP contribution in [-0.4, -0.2) is 15.6 Å². The largest absolute Gasteiger partial charge is 0.363 e. The Kier molecular flexibility index (Phi) is 4.38. The average Bonchev–Trinajstić information content (AvgIpc) is 3.04. The summed E-state index contributed by atoms with van der Waals surface area (Å²) in [7, 11) is 0. The van der Waals surface area contributed by atoms with Crippen molar-refractivity contribution < 1.29 is 9.32 Å². The van der Waals surface area contributed by atoms with Crippen LogP contribution in [0.25, 0.3) is 0 Å². The Bertz CT molecular complexity index is 870. The van der Waals surface area contributed by atoms with Gasteiger partial charge < -0.3 is 14.4 Å². The number of halogens is 1. The van der Waals surface area contributed by atoms with E-state index in [-0.39, 0.29) is 16.9 Å². The molecule has 1 N–H and O–H groups in total. The van der Waals surface area contributed by atoms with Crippen LogP contribution in [0.4, 0.5) is 5.82 Å². The van der Waals surface area contributed by atoms with E-state index < -0.39 is 5.91 Å². The maximum atomic E-state index is 12.5. The zero-order valence-electron chi connectivity index (χ0n) is 11.9. The fourth-order valence-corrected chi connectivity index (χ4v) is 2.35. The SMILES string of the molecule is O=C(Nc1ccon1)c1cccn(Cc2ccc(Br)cc2)c1=O. The monoisotopic (exact) mass is 373 g/mol. The molecule has 0 atom stereocenters. The molecule has 1 aromatic carbocycles. The lowest BCUT2D eigenvalue weighted by atomic mass is 10.2. The molecule has 23 heavy (non-hydrogen) atoms. The van der Waals surface area contributed by atoms with E-state index in [0.717, 1.165) is 10.0 Å². The summed E-state index contributed by atoms with van der Waals surface area (Å²) in [6, 6.07) is 12.3. The molecule has 2 heterocycles. The summed E-state index contributed by atoms with van der Waals surface area (Å²) in [6.07, 6.45) is 2.99. The highest BCUT2D eigenvalue weighted by Crippen LogP contribution is 2.11. The van der Waals surface area contributed by atoms with Gasteiger partial charge in [0.15, 0.2) is 5.82 Å². The fourth-order valence-electron chi connectivity index (χ4n) is 2.08. The number of nitrogens with one attached hydrogen (secondary N) is 1. The first-order chi connectivity index (χ1) is 11.1. The van der Waals surface area contributed by atoms with Crippen molar-refractivity contribution in [2.75, 3.05) is 5.32 Å². The van der Waals surface area contributed by atoms with Crippen LogP contribution in [0, 0.1) is 0 Å². The molecule has 0 aliphatic rings. The maximum absolute atomic E-state index is 12.5. The molecular formula is C16H12BrN3O3. The molecule has 0 radical (unpaired) electrons. The lowest BCUT2D eigenvalue weighted by Gasteiger charge is -2.08. The highest BCUT2D eigenvalue weighted by molar-refractivity contribution is 9.10. The number of anilines is 1. The van der Waals surface area contributed by atoms with Crippen LogP contribution in [-0.2, 0) is 6.54 Å². The van der Waals surface area contributed by atoms with E-state index in [1.165, 1.54) is 23.0 Å². The van der Waals surface area contributed by atoms with Crippen molar-refractivity contribution in [2.45, 2.75) is 6.54 Å². The lowest BCUT2D eigenvalue weighted by molar-refractivity contribution is 0.102. The first kappa shape index (κ1) is 15.2. The number of hydrogen-bond donors (Lipinski definition) is 1. The summed E-state index contributed by atoms with van der Waals surface area (Å²) in [4.78, 5) is 24.6. The summed E-state index contributed by atoms with van der Waals surface area (Å²) < 4.78 is 7.10. The number of benzene rings is 1. The summed E-state index contributed by atoms with van der Waals surface area (Å²) >= 11 is 3.37. The highest BCUT2D eigenvalue weighted by atomic mass is 79.9. The topological polar surface area (TPSA) is 77.1 Å². The summed E-state index contributed by atoms with van der Waals surface area (Å²) in [5, 5.41) is 6.10. The van der Waals surface area contributed by atoms with Crippen LogP contribution >= 0.6 is 15.9 Å². The number of rotatable bonds is 4. The smallest absolute Gasteiger partial charge is 0.263 e. The molecular weight excluding hydrogens is 362 g/mol. The lowest BCUT2D eigenvalue weighted by Crippen LogP contribution is -2.29. The molecule has 0 fully saturated rings. The van der Waals surface area contributed by atoms with Gasteiger partial charge in [0.05, 0.1) is 6.54 Å². The zero-order valence-corrected chi connectivity index (χ0v) is 13.5. The van der Waals surface area contributed by atoms with Gasteiger partial charge in [-0.3, -0.25) is 9.59 Å². The van der Waals surface area contributed by atoms with Crippen molar-refractivity contribution in [3.05, 3.63) is 80.9 Å². The molecule has 0 aliphatic heterocycles. The Morgan fingerprint density at radius 2 is 2.00 bits per heavy atom. The van der Waals surface area contributed by atoms with Gasteiger partial charge in [-0.25, -0.2) is 0 Å². The Hall–Kier alpha value is -2.67. The predicted octanol–water partition coefficient (Wildman–Crippen LogP) is 2.90. The van der Waals surface area contributed by atoms with E-state index in [0.29, 0.717) is 6.54 Å². The molecule has 0 bridgehead atoms. The highest BCUT2D eigenvalue weighted by Gasteiger charge is 2.13. The first-order valence-corrected chi connectivity index (χ1v) is 7.58. The molecule has 0 aliphatic carbocycles. The Labute approximate surface area is 139 Å². The Morgan fingerprint density at radius 1 is 1.22 bits per heavy atom. The molecule has 7 heteroatoms. The van der Waals surface area contributed by atoms with Gasteiger partial charge in [-0.15, -0.1) is 0 Å². The summed E-state index contributed by atoms with van der Waals surface area (Å²) in [6.45, 7) is 0.386. The normalized spacial score (nSPS) is 10.5. The molecule has 0 saturated carbocycles. The molecule has 6 nitrogen and oxygen atoms in total. The minimum Gasteiger partial charge on any atom is -0.363 e. The summed E-state index contributed by atoms with van der Waals surface area (Å²) in [5.41, 5.74) is 0.647. The number of aromatic nitrogens is 2. The number of hydrogen-bond acceptors (Lipinski definition) is 4. The third-order valence-electron chi connectivity index (χ3n) is 3.21. The van der Waals surface area contributed by atoms with Crippen LogP contribution in [0.3, 0.4) is 0 Å². The van der Waals surface area contributed by atoms with Gasteiger partial charge in [0.1, 0.15) is 11.8 Å². The third-order valence-corrected chi connectivity index (χ3v) is 3.74. The molecule has 0 unspecified atom stereocenters. The number of amides is 1. The first-order valence-electron chi connectivity index (χ1n) is 6.79. The van der Waals surface area contributed by atoms with Crippen molar-refractivity contribution in [1.82, 2.24) is 9.72 Å². The number of pyridine rings is 1. The number of carbonyl (C=O) groups is 1. The Morgan fingerprint density at radius 3 is 2.70 bits per heavy atom. The van der Waals surface area contributed by atoms with Crippen LogP contribution in [0.5, 0.6) is 0 Å². The number of nitrogens with zero attached hydrogens (tertiary/aromatic N) is 2.